The van der Waals surface area contributed by atoms with Gasteiger partial charge in [0, 0.05) is 6.54 Å². The molecular weight excluding hydrogens is 192 g/mol. The Balaban J connectivity index is 3.14. The molecular formula is C8H11ClN2O2. The van der Waals surface area contributed by atoms with Gasteiger partial charge in [-0.1, -0.05) is 18.5 Å². The van der Waals surface area contributed by atoms with E-state index in [1.54, 1.807) is 6.92 Å². The van der Waals surface area contributed by atoms with Crippen molar-refractivity contribution in [3.63, 3.8) is 0 Å². The second kappa shape index (κ2) is 3.79. The van der Waals surface area contributed by atoms with Gasteiger partial charge < -0.3 is 5.11 Å². The van der Waals surface area contributed by atoms with E-state index in [9.17, 15) is 4.79 Å². The zero-order chi connectivity index (χ0) is 10.0. The SMILES string of the molecule is CCCn1nc(C)c(C(=O)O)c1Cl. The maximum Gasteiger partial charge on any atom is 0.340 e. The van der Waals surface area contributed by atoms with Gasteiger partial charge in [-0.15, -0.1) is 0 Å². The third kappa shape index (κ3) is 1.83. The smallest absolute Gasteiger partial charge is 0.340 e. The van der Waals surface area contributed by atoms with E-state index < -0.39 is 5.97 Å². The fraction of sp³-hybridized carbons (Fsp3) is 0.500. The minimum atomic E-state index is -1.02. The summed E-state index contributed by atoms with van der Waals surface area (Å²) in [5.74, 6) is -1.02. The summed E-state index contributed by atoms with van der Waals surface area (Å²) >= 11 is 5.82. The van der Waals surface area contributed by atoms with Crippen LogP contribution < -0.4 is 0 Å². The molecule has 72 valence electrons. The van der Waals surface area contributed by atoms with Crippen molar-refractivity contribution in [3.8, 4) is 0 Å². The molecule has 4 nitrogen and oxygen atoms in total. The van der Waals surface area contributed by atoms with E-state index >= 15 is 0 Å². The van der Waals surface area contributed by atoms with Crippen LogP contribution in [0.5, 0.6) is 0 Å². The van der Waals surface area contributed by atoms with Crippen molar-refractivity contribution < 1.29 is 9.90 Å². The number of aryl methyl sites for hydroxylation is 2. The predicted octanol–water partition coefficient (Wildman–Crippen LogP) is 1.95. The van der Waals surface area contributed by atoms with Crippen LogP contribution in [0.4, 0.5) is 0 Å². The summed E-state index contributed by atoms with van der Waals surface area (Å²) in [6.45, 7) is 4.27. The first-order valence-electron chi connectivity index (χ1n) is 4.04. The molecule has 0 unspecified atom stereocenters. The van der Waals surface area contributed by atoms with E-state index in [0.717, 1.165) is 6.42 Å². The maximum absolute atomic E-state index is 10.7. The molecule has 0 amide bonds. The number of rotatable bonds is 3. The van der Waals surface area contributed by atoms with E-state index in [2.05, 4.69) is 5.10 Å². The molecule has 0 saturated heterocycles. The lowest BCUT2D eigenvalue weighted by Gasteiger charge is -1.98. The van der Waals surface area contributed by atoms with Crippen molar-refractivity contribution in [2.24, 2.45) is 0 Å². The fourth-order valence-corrected chi connectivity index (χ4v) is 1.50. The average Bonchev–Trinajstić information content (AvgIpc) is 2.28. The lowest BCUT2D eigenvalue weighted by atomic mass is 10.3. The minimum absolute atomic E-state index is 0.107. The van der Waals surface area contributed by atoms with E-state index in [1.807, 2.05) is 6.92 Å². The first-order valence-corrected chi connectivity index (χ1v) is 4.42. The van der Waals surface area contributed by atoms with Gasteiger partial charge in [-0.25, -0.2) is 4.79 Å². The zero-order valence-electron chi connectivity index (χ0n) is 7.54. The molecule has 1 rings (SSSR count). The first kappa shape index (κ1) is 10.1. The number of carboxylic acids is 1. The number of hydrogen-bond acceptors (Lipinski definition) is 2. The summed E-state index contributed by atoms with van der Waals surface area (Å²) in [7, 11) is 0. The molecule has 0 radical (unpaired) electrons. The summed E-state index contributed by atoms with van der Waals surface area (Å²) in [4.78, 5) is 10.7. The number of carbonyl (C=O) groups is 1. The lowest BCUT2D eigenvalue weighted by Crippen LogP contribution is -2.00. The van der Waals surface area contributed by atoms with Crippen LogP contribution in [0.15, 0.2) is 0 Å². The third-order valence-electron chi connectivity index (χ3n) is 1.71. The van der Waals surface area contributed by atoms with Gasteiger partial charge in [0.2, 0.25) is 0 Å². The Labute approximate surface area is 81.1 Å². The van der Waals surface area contributed by atoms with Crippen molar-refractivity contribution in [1.29, 1.82) is 0 Å². The molecule has 1 aromatic heterocycles. The van der Waals surface area contributed by atoms with Crippen LogP contribution in [0.3, 0.4) is 0 Å². The molecule has 0 atom stereocenters. The quantitative estimate of drug-likeness (QED) is 0.815. The van der Waals surface area contributed by atoms with E-state index in [0.29, 0.717) is 12.2 Å². The maximum atomic E-state index is 10.7. The van der Waals surface area contributed by atoms with E-state index in [-0.39, 0.29) is 10.7 Å². The van der Waals surface area contributed by atoms with E-state index in [4.69, 9.17) is 16.7 Å². The Bertz CT molecular complexity index is 333. The monoisotopic (exact) mass is 202 g/mol. The number of hydrogen-bond donors (Lipinski definition) is 1. The Morgan fingerprint density at radius 2 is 2.31 bits per heavy atom. The second-order valence-corrected chi connectivity index (χ2v) is 3.14. The predicted molar refractivity (Wildman–Crippen MR) is 49.2 cm³/mol. The van der Waals surface area contributed by atoms with Crippen LogP contribution in [-0.4, -0.2) is 20.9 Å². The summed E-state index contributed by atoms with van der Waals surface area (Å²) in [5.41, 5.74) is 0.570. The normalized spacial score (nSPS) is 10.4. The highest BCUT2D eigenvalue weighted by molar-refractivity contribution is 6.32. The zero-order valence-corrected chi connectivity index (χ0v) is 8.30. The molecule has 1 aromatic rings. The Kier molecular flexibility index (Phi) is 2.93. The van der Waals surface area contributed by atoms with Gasteiger partial charge in [-0.2, -0.15) is 5.10 Å². The molecule has 0 aliphatic rings. The molecule has 0 aliphatic heterocycles. The molecule has 5 heteroatoms. The van der Waals surface area contributed by atoms with E-state index in [1.165, 1.54) is 4.68 Å². The second-order valence-electron chi connectivity index (χ2n) is 2.78. The fourth-order valence-electron chi connectivity index (χ4n) is 1.16. The largest absolute Gasteiger partial charge is 0.478 e. The van der Waals surface area contributed by atoms with Crippen LogP contribution in [0.2, 0.25) is 5.15 Å². The van der Waals surface area contributed by atoms with Gasteiger partial charge in [0.1, 0.15) is 10.7 Å². The minimum Gasteiger partial charge on any atom is -0.478 e. The Morgan fingerprint density at radius 3 is 2.69 bits per heavy atom. The molecule has 0 aliphatic carbocycles. The van der Waals surface area contributed by atoms with Crippen LogP contribution in [-0.2, 0) is 6.54 Å². The number of carboxylic acid groups (broad SMARTS) is 1. The van der Waals surface area contributed by atoms with Crippen LogP contribution in [0.25, 0.3) is 0 Å². The van der Waals surface area contributed by atoms with Gasteiger partial charge in [-0.05, 0) is 13.3 Å². The molecule has 1 heterocycles. The summed E-state index contributed by atoms with van der Waals surface area (Å²) in [5, 5.41) is 13.0. The van der Waals surface area contributed by atoms with Gasteiger partial charge in [-0.3, -0.25) is 4.68 Å². The molecule has 0 fully saturated rings. The van der Waals surface area contributed by atoms with Gasteiger partial charge in [0.25, 0.3) is 0 Å². The molecule has 0 aromatic carbocycles. The van der Waals surface area contributed by atoms with Gasteiger partial charge >= 0.3 is 5.97 Å². The van der Waals surface area contributed by atoms with Crippen molar-refractivity contribution in [1.82, 2.24) is 9.78 Å². The highest BCUT2D eigenvalue weighted by atomic mass is 35.5. The Morgan fingerprint density at radius 1 is 1.69 bits per heavy atom. The van der Waals surface area contributed by atoms with Gasteiger partial charge in [0.05, 0.1) is 5.69 Å². The molecule has 0 saturated carbocycles. The van der Waals surface area contributed by atoms with Crippen molar-refractivity contribution in [2.75, 3.05) is 0 Å². The van der Waals surface area contributed by atoms with Crippen molar-refractivity contribution >= 4 is 17.6 Å². The molecule has 13 heavy (non-hydrogen) atoms. The molecule has 0 bridgehead atoms. The highest BCUT2D eigenvalue weighted by Crippen LogP contribution is 2.19. The molecule has 1 N–H and O–H groups in total. The highest BCUT2D eigenvalue weighted by Gasteiger charge is 2.18. The van der Waals surface area contributed by atoms with Crippen LogP contribution >= 0.6 is 11.6 Å². The number of aromatic carboxylic acids is 1. The van der Waals surface area contributed by atoms with Gasteiger partial charge in [0.15, 0.2) is 0 Å². The first-order chi connectivity index (χ1) is 6.07. The lowest BCUT2D eigenvalue weighted by molar-refractivity contribution is 0.0696. The van der Waals surface area contributed by atoms with Crippen LogP contribution in [0.1, 0.15) is 29.4 Å². The number of nitrogens with zero attached hydrogens (tertiary/aromatic N) is 2. The van der Waals surface area contributed by atoms with Crippen molar-refractivity contribution in [2.45, 2.75) is 26.8 Å². The number of aromatic nitrogens is 2. The van der Waals surface area contributed by atoms with Crippen LogP contribution in [0, 0.1) is 6.92 Å². The summed E-state index contributed by atoms with van der Waals surface area (Å²) in [6.07, 6.45) is 0.875. The summed E-state index contributed by atoms with van der Waals surface area (Å²) in [6, 6.07) is 0. The standard InChI is InChI=1S/C8H11ClN2O2/c1-3-4-11-7(9)6(8(12)13)5(2)10-11/h3-4H2,1-2H3,(H,12,13). The average molecular weight is 203 g/mol. The van der Waals surface area contributed by atoms with Crippen molar-refractivity contribution in [3.05, 3.63) is 16.4 Å². The third-order valence-corrected chi connectivity index (χ3v) is 2.10. The topological polar surface area (TPSA) is 55.1 Å². The molecule has 0 spiro atoms. The Hall–Kier alpha value is -1.03. The summed E-state index contributed by atoms with van der Waals surface area (Å²) < 4.78 is 1.51. The number of halogens is 1.